The number of aliphatic hydroxyl groups excluding tert-OH is 1. The largest absolute Gasteiger partial charge is 0.392 e. The molecule has 4 rings (SSSR count). The van der Waals surface area contributed by atoms with Gasteiger partial charge in [0.2, 0.25) is 0 Å². The van der Waals surface area contributed by atoms with Crippen LogP contribution in [-0.4, -0.2) is 41.2 Å². The molecule has 0 unspecified atom stereocenters. The average molecular weight is 351 g/mol. The zero-order chi connectivity index (χ0) is 17.9. The number of pyridine rings is 1. The fourth-order valence-electron chi connectivity index (χ4n) is 3.45. The highest BCUT2D eigenvalue weighted by Gasteiger charge is 2.18. The number of hydrogen-bond donors (Lipinski definition) is 1. The van der Waals surface area contributed by atoms with Gasteiger partial charge in [-0.1, -0.05) is 30.3 Å². The van der Waals surface area contributed by atoms with E-state index in [9.17, 15) is 4.39 Å². The first-order valence-corrected chi connectivity index (χ1v) is 8.94. The summed E-state index contributed by atoms with van der Waals surface area (Å²) in [5.41, 5.74) is 3.33. The van der Waals surface area contributed by atoms with Crippen LogP contribution < -0.4 is 4.90 Å². The summed E-state index contributed by atoms with van der Waals surface area (Å²) in [6.45, 7) is 4.10. The van der Waals surface area contributed by atoms with Gasteiger partial charge < -0.3 is 10.0 Å². The number of rotatable bonds is 4. The van der Waals surface area contributed by atoms with Gasteiger partial charge in [-0.05, 0) is 24.3 Å². The first-order valence-electron chi connectivity index (χ1n) is 8.94. The minimum Gasteiger partial charge on any atom is -0.392 e. The second-order valence-corrected chi connectivity index (χ2v) is 6.69. The highest BCUT2D eigenvalue weighted by Crippen LogP contribution is 2.21. The number of benzene rings is 2. The van der Waals surface area contributed by atoms with Gasteiger partial charge in [0.05, 0.1) is 17.8 Å². The van der Waals surface area contributed by atoms with Gasteiger partial charge in [-0.2, -0.15) is 0 Å². The minimum atomic E-state index is -0.340. The van der Waals surface area contributed by atoms with Crippen LogP contribution in [0, 0.1) is 5.82 Å². The van der Waals surface area contributed by atoms with Gasteiger partial charge in [-0.25, -0.2) is 4.39 Å². The number of aromatic nitrogens is 1. The molecule has 0 spiro atoms. The Morgan fingerprint density at radius 1 is 0.962 bits per heavy atom. The van der Waals surface area contributed by atoms with Crippen molar-refractivity contribution in [2.45, 2.75) is 13.2 Å². The third-order valence-electron chi connectivity index (χ3n) is 4.99. The molecule has 5 heteroatoms. The Kier molecular flexibility index (Phi) is 4.82. The molecule has 0 atom stereocenters. The number of hydrogen-bond acceptors (Lipinski definition) is 4. The van der Waals surface area contributed by atoms with E-state index in [1.807, 2.05) is 24.3 Å². The molecule has 0 bridgehead atoms. The third kappa shape index (κ3) is 3.54. The molecule has 2 aromatic carbocycles. The van der Waals surface area contributed by atoms with E-state index in [-0.39, 0.29) is 12.4 Å². The molecule has 1 saturated heterocycles. The Morgan fingerprint density at radius 2 is 1.77 bits per heavy atom. The van der Waals surface area contributed by atoms with Crippen LogP contribution in [0.5, 0.6) is 0 Å². The predicted molar refractivity (Wildman–Crippen MR) is 102 cm³/mol. The van der Waals surface area contributed by atoms with Crippen LogP contribution in [0.15, 0.2) is 54.6 Å². The van der Waals surface area contributed by atoms with E-state index in [1.165, 1.54) is 6.07 Å². The molecule has 2 heterocycles. The smallest absolute Gasteiger partial charge is 0.130 e. The second-order valence-electron chi connectivity index (χ2n) is 6.69. The van der Waals surface area contributed by atoms with E-state index in [0.717, 1.165) is 55.0 Å². The number of anilines is 1. The SMILES string of the molecule is OCc1ccc(N2CCN(Cc3ccc4ccccc4n3)CC2)cc1F. The number of halogens is 1. The number of para-hydroxylation sites is 1. The maximum absolute atomic E-state index is 13.9. The first-order chi connectivity index (χ1) is 12.7. The topological polar surface area (TPSA) is 39.6 Å². The quantitative estimate of drug-likeness (QED) is 0.784. The molecule has 1 aliphatic rings. The van der Waals surface area contributed by atoms with E-state index >= 15 is 0 Å². The summed E-state index contributed by atoms with van der Waals surface area (Å²) in [5.74, 6) is -0.340. The van der Waals surface area contributed by atoms with E-state index in [0.29, 0.717) is 5.56 Å². The fourth-order valence-corrected chi connectivity index (χ4v) is 3.45. The molecule has 0 aliphatic carbocycles. The Balaban J connectivity index is 1.39. The lowest BCUT2D eigenvalue weighted by Gasteiger charge is -2.36. The Labute approximate surface area is 152 Å². The van der Waals surface area contributed by atoms with Crippen molar-refractivity contribution in [2.75, 3.05) is 31.1 Å². The molecule has 4 nitrogen and oxygen atoms in total. The molecular formula is C21H22FN3O. The van der Waals surface area contributed by atoms with Gasteiger partial charge in [0.25, 0.3) is 0 Å². The highest BCUT2D eigenvalue weighted by atomic mass is 19.1. The van der Waals surface area contributed by atoms with Crippen molar-refractivity contribution in [2.24, 2.45) is 0 Å². The molecule has 26 heavy (non-hydrogen) atoms. The molecule has 0 amide bonds. The molecule has 3 aromatic rings. The third-order valence-corrected chi connectivity index (χ3v) is 4.99. The molecular weight excluding hydrogens is 329 g/mol. The lowest BCUT2D eigenvalue weighted by molar-refractivity contribution is 0.247. The van der Waals surface area contributed by atoms with Crippen LogP contribution in [0.1, 0.15) is 11.3 Å². The van der Waals surface area contributed by atoms with Crippen molar-refractivity contribution in [3.63, 3.8) is 0 Å². The summed E-state index contributed by atoms with van der Waals surface area (Å²) in [7, 11) is 0. The average Bonchev–Trinajstić information content (AvgIpc) is 2.68. The summed E-state index contributed by atoms with van der Waals surface area (Å²) in [5, 5.41) is 10.3. The van der Waals surface area contributed by atoms with E-state index in [1.54, 1.807) is 6.07 Å². The van der Waals surface area contributed by atoms with Crippen LogP contribution in [0.2, 0.25) is 0 Å². The van der Waals surface area contributed by atoms with E-state index in [2.05, 4.69) is 28.0 Å². The van der Waals surface area contributed by atoms with Gasteiger partial charge in [-0.15, -0.1) is 0 Å². The lowest BCUT2D eigenvalue weighted by Crippen LogP contribution is -2.46. The molecule has 0 saturated carbocycles. The van der Waals surface area contributed by atoms with Crippen LogP contribution in [0.25, 0.3) is 10.9 Å². The van der Waals surface area contributed by atoms with Crippen LogP contribution in [-0.2, 0) is 13.2 Å². The number of nitrogens with zero attached hydrogens (tertiary/aromatic N) is 3. The van der Waals surface area contributed by atoms with Crippen LogP contribution in [0.3, 0.4) is 0 Å². The van der Waals surface area contributed by atoms with Gasteiger partial charge >= 0.3 is 0 Å². The van der Waals surface area contributed by atoms with Gasteiger partial charge in [0, 0.05) is 49.4 Å². The Morgan fingerprint density at radius 3 is 2.54 bits per heavy atom. The van der Waals surface area contributed by atoms with Crippen molar-refractivity contribution >= 4 is 16.6 Å². The van der Waals surface area contributed by atoms with Gasteiger partial charge in [-0.3, -0.25) is 9.88 Å². The van der Waals surface area contributed by atoms with Crippen LogP contribution in [0.4, 0.5) is 10.1 Å². The molecule has 1 aliphatic heterocycles. The van der Waals surface area contributed by atoms with Crippen molar-refractivity contribution in [1.82, 2.24) is 9.88 Å². The summed E-state index contributed by atoms with van der Waals surface area (Å²) >= 11 is 0. The Hall–Kier alpha value is -2.50. The first kappa shape index (κ1) is 16.9. The summed E-state index contributed by atoms with van der Waals surface area (Å²) in [6.07, 6.45) is 0. The predicted octanol–water partition coefficient (Wildman–Crippen LogP) is 3.19. The maximum atomic E-state index is 13.9. The number of fused-ring (bicyclic) bond motifs is 1. The van der Waals surface area contributed by atoms with E-state index in [4.69, 9.17) is 10.1 Å². The second kappa shape index (κ2) is 7.40. The van der Waals surface area contributed by atoms with Crippen molar-refractivity contribution < 1.29 is 9.50 Å². The van der Waals surface area contributed by atoms with Gasteiger partial charge in [0.15, 0.2) is 0 Å². The fraction of sp³-hybridized carbons (Fsp3) is 0.286. The standard InChI is InChI=1S/C21H22FN3O/c22-20-13-19(8-6-17(20)15-26)25-11-9-24(10-12-25)14-18-7-5-16-3-1-2-4-21(16)23-18/h1-8,13,26H,9-12,14-15H2. The summed E-state index contributed by atoms with van der Waals surface area (Å²) < 4.78 is 13.9. The van der Waals surface area contributed by atoms with E-state index < -0.39 is 0 Å². The molecule has 1 N–H and O–H groups in total. The molecule has 1 fully saturated rings. The normalized spacial score (nSPS) is 15.5. The number of piperazine rings is 1. The van der Waals surface area contributed by atoms with Gasteiger partial charge in [0.1, 0.15) is 5.82 Å². The molecule has 134 valence electrons. The number of aliphatic hydroxyl groups is 1. The summed E-state index contributed by atoms with van der Waals surface area (Å²) in [6, 6.07) is 17.4. The van der Waals surface area contributed by atoms with Crippen molar-refractivity contribution in [3.8, 4) is 0 Å². The highest BCUT2D eigenvalue weighted by molar-refractivity contribution is 5.78. The zero-order valence-electron chi connectivity index (χ0n) is 14.6. The minimum absolute atomic E-state index is 0.265. The molecule has 0 radical (unpaired) electrons. The van der Waals surface area contributed by atoms with Crippen molar-refractivity contribution in [1.29, 1.82) is 0 Å². The zero-order valence-corrected chi connectivity index (χ0v) is 14.6. The summed E-state index contributed by atoms with van der Waals surface area (Å²) in [4.78, 5) is 9.32. The Bertz CT molecular complexity index is 907. The lowest BCUT2D eigenvalue weighted by atomic mass is 10.1. The monoisotopic (exact) mass is 351 g/mol. The molecule has 1 aromatic heterocycles. The maximum Gasteiger partial charge on any atom is 0.130 e. The van der Waals surface area contributed by atoms with Crippen LogP contribution >= 0.6 is 0 Å². The van der Waals surface area contributed by atoms with Crippen molar-refractivity contribution in [3.05, 3.63) is 71.7 Å².